The monoisotopic (exact) mass is 399 g/mol. The van der Waals surface area contributed by atoms with Crippen LogP contribution in [0.4, 0.5) is 0 Å². The van der Waals surface area contributed by atoms with Gasteiger partial charge in [0.15, 0.2) is 0 Å². The SMILES string of the molecule is Cc1cccc(C(=O)NCc2ccc(CCl)cc2)c1I. The Morgan fingerprint density at radius 3 is 2.45 bits per heavy atom. The molecule has 0 heterocycles. The van der Waals surface area contributed by atoms with Gasteiger partial charge in [-0.25, -0.2) is 0 Å². The summed E-state index contributed by atoms with van der Waals surface area (Å²) in [4.78, 5) is 12.2. The maximum absolute atomic E-state index is 12.2. The van der Waals surface area contributed by atoms with Crippen LogP contribution in [0.3, 0.4) is 0 Å². The highest BCUT2D eigenvalue weighted by Gasteiger charge is 2.10. The second-order valence-corrected chi connectivity index (χ2v) is 5.92. The summed E-state index contributed by atoms with van der Waals surface area (Å²) < 4.78 is 1.00. The summed E-state index contributed by atoms with van der Waals surface area (Å²) in [6.45, 7) is 2.52. The molecule has 1 N–H and O–H groups in total. The average Bonchev–Trinajstić information content (AvgIpc) is 2.48. The minimum Gasteiger partial charge on any atom is -0.348 e. The predicted molar refractivity (Wildman–Crippen MR) is 91.1 cm³/mol. The molecule has 2 aromatic rings. The lowest BCUT2D eigenvalue weighted by atomic mass is 10.1. The molecule has 104 valence electrons. The number of amides is 1. The maximum Gasteiger partial charge on any atom is 0.252 e. The third-order valence-electron chi connectivity index (χ3n) is 3.07. The van der Waals surface area contributed by atoms with Gasteiger partial charge in [-0.1, -0.05) is 36.4 Å². The van der Waals surface area contributed by atoms with E-state index in [0.29, 0.717) is 12.4 Å². The lowest BCUT2D eigenvalue weighted by Gasteiger charge is -2.09. The molecule has 0 aromatic heterocycles. The number of alkyl halides is 1. The molecule has 20 heavy (non-hydrogen) atoms. The molecule has 1 amide bonds. The van der Waals surface area contributed by atoms with Crippen LogP contribution < -0.4 is 5.32 Å². The molecule has 0 unspecified atom stereocenters. The second kappa shape index (κ2) is 7.09. The van der Waals surface area contributed by atoms with E-state index in [1.54, 1.807) is 0 Å². The second-order valence-electron chi connectivity index (χ2n) is 4.57. The Kier molecular flexibility index (Phi) is 5.43. The van der Waals surface area contributed by atoms with Crippen LogP contribution in [0.1, 0.15) is 27.0 Å². The molecule has 0 spiro atoms. The van der Waals surface area contributed by atoms with E-state index in [2.05, 4.69) is 27.9 Å². The number of carbonyl (C=O) groups is 1. The van der Waals surface area contributed by atoms with Gasteiger partial charge in [-0.05, 0) is 52.3 Å². The Hall–Kier alpha value is -1.07. The van der Waals surface area contributed by atoms with Crippen molar-refractivity contribution in [3.05, 3.63) is 68.3 Å². The summed E-state index contributed by atoms with van der Waals surface area (Å²) in [7, 11) is 0. The molecule has 4 heteroatoms. The summed E-state index contributed by atoms with van der Waals surface area (Å²) in [5.74, 6) is 0.466. The average molecular weight is 400 g/mol. The molecular formula is C16H15ClINO. The normalized spacial score (nSPS) is 10.3. The highest BCUT2D eigenvalue weighted by molar-refractivity contribution is 14.1. The fourth-order valence-corrected chi connectivity index (χ4v) is 2.63. The van der Waals surface area contributed by atoms with Crippen molar-refractivity contribution >= 4 is 40.1 Å². The zero-order valence-electron chi connectivity index (χ0n) is 11.1. The molecule has 0 fully saturated rings. The van der Waals surface area contributed by atoms with E-state index in [1.807, 2.05) is 49.4 Å². The van der Waals surface area contributed by atoms with E-state index in [0.717, 1.165) is 25.8 Å². The van der Waals surface area contributed by atoms with E-state index < -0.39 is 0 Å². The molecule has 0 atom stereocenters. The molecule has 0 saturated heterocycles. The number of rotatable bonds is 4. The molecule has 0 aliphatic rings. The van der Waals surface area contributed by atoms with Crippen molar-refractivity contribution in [2.75, 3.05) is 0 Å². The zero-order valence-corrected chi connectivity index (χ0v) is 14.0. The van der Waals surface area contributed by atoms with Crippen LogP contribution in [0.5, 0.6) is 0 Å². The minimum absolute atomic E-state index is 0.0421. The summed E-state index contributed by atoms with van der Waals surface area (Å²) in [5.41, 5.74) is 3.98. The van der Waals surface area contributed by atoms with E-state index in [-0.39, 0.29) is 5.91 Å². The predicted octanol–water partition coefficient (Wildman–Crippen LogP) is 4.27. The number of hydrogen-bond donors (Lipinski definition) is 1. The van der Waals surface area contributed by atoms with Crippen LogP contribution in [0, 0.1) is 10.5 Å². The van der Waals surface area contributed by atoms with Crippen molar-refractivity contribution in [1.82, 2.24) is 5.32 Å². The van der Waals surface area contributed by atoms with Gasteiger partial charge in [0.1, 0.15) is 0 Å². The van der Waals surface area contributed by atoms with Gasteiger partial charge in [-0.2, -0.15) is 0 Å². The van der Waals surface area contributed by atoms with Crippen molar-refractivity contribution in [1.29, 1.82) is 0 Å². The van der Waals surface area contributed by atoms with Crippen molar-refractivity contribution in [3.8, 4) is 0 Å². The van der Waals surface area contributed by atoms with Crippen molar-refractivity contribution in [3.63, 3.8) is 0 Å². The fourth-order valence-electron chi connectivity index (χ4n) is 1.85. The topological polar surface area (TPSA) is 29.1 Å². The quantitative estimate of drug-likeness (QED) is 0.604. The summed E-state index contributed by atoms with van der Waals surface area (Å²) in [5, 5.41) is 2.94. The van der Waals surface area contributed by atoms with E-state index >= 15 is 0 Å². The van der Waals surface area contributed by atoms with Crippen LogP contribution in [-0.2, 0) is 12.4 Å². The number of hydrogen-bond acceptors (Lipinski definition) is 1. The number of nitrogens with one attached hydrogen (secondary N) is 1. The number of carbonyl (C=O) groups excluding carboxylic acids is 1. The third kappa shape index (κ3) is 3.73. The van der Waals surface area contributed by atoms with Gasteiger partial charge in [-0.3, -0.25) is 4.79 Å². The van der Waals surface area contributed by atoms with Crippen LogP contribution in [0.25, 0.3) is 0 Å². The molecule has 2 nitrogen and oxygen atoms in total. The number of halogens is 2. The minimum atomic E-state index is -0.0421. The van der Waals surface area contributed by atoms with E-state index in [4.69, 9.17) is 11.6 Å². The van der Waals surface area contributed by atoms with Crippen LogP contribution in [-0.4, -0.2) is 5.91 Å². The standard InChI is InChI=1S/C16H15ClINO/c1-11-3-2-4-14(15(11)18)16(20)19-10-13-7-5-12(9-17)6-8-13/h2-8H,9-10H2,1H3,(H,19,20). The molecule has 0 aliphatic carbocycles. The van der Waals surface area contributed by atoms with Crippen molar-refractivity contribution < 1.29 is 4.79 Å². The zero-order chi connectivity index (χ0) is 14.5. The summed E-state index contributed by atoms with van der Waals surface area (Å²) in [6.07, 6.45) is 0. The van der Waals surface area contributed by atoms with Gasteiger partial charge >= 0.3 is 0 Å². The van der Waals surface area contributed by atoms with Crippen molar-refractivity contribution in [2.45, 2.75) is 19.3 Å². The molecule has 2 aromatic carbocycles. The summed E-state index contributed by atoms with van der Waals surface area (Å²) >= 11 is 7.96. The number of benzene rings is 2. The first-order valence-electron chi connectivity index (χ1n) is 6.29. The molecular weight excluding hydrogens is 385 g/mol. The molecule has 0 saturated carbocycles. The Morgan fingerprint density at radius 1 is 1.15 bits per heavy atom. The Morgan fingerprint density at radius 2 is 1.80 bits per heavy atom. The summed E-state index contributed by atoms with van der Waals surface area (Å²) in [6, 6.07) is 13.7. The molecule has 2 rings (SSSR count). The first-order valence-corrected chi connectivity index (χ1v) is 7.90. The Balaban J connectivity index is 2.02. The largest absolute Gasteiger partial charge is 0.348 e. The van der Waals surface area contributed by atoms with Crippen LogP contribution >= 0.6 is 34.2 Å². The van der Waals surface area contributed by atoms with Gasteiger partial charge in [0.05, 0.1) is 5.56 Å². The maximum atomic E-state index is 12.2. The van der Waals surface area contributed by atoms with Gasteiger partial charge < -0.3 is 5.32 Å². The first-order chi connectivity index (χ1) is 9.61. The highest BCUT2D eigenvalue weighted by Crippen LogP contribution is 2.16. The molecule has 0 bridgehead atoms. The Labute approximate surface area is 137 Å². The van der Waals surface area contributed by atoms with Gasteiger partial charge in [0.2, 0.25) is 0 Å². The lowest BCUT2D eigenvalue weighted by Crippen LogP contribution is -2.23. The smallest absolute Gasteiger partial charge is 0.252 e. The van der Waals surface area contributed by atoms with Crippen LogP contribution in [0.15, 0.2) is 42.5 Å². The third-order valence-corrected chi connectivity index (χ3v) is 4.81. The van der Waals surface area contributed by atoms with E-state index in [1.165, 1.54) is 0 Å². The lowest BCUT2D eigenvalue weighted by molar-refractivity contribution is 0.0950. The van der Waals surface area contributed by atoms with Gasteiger partial charge in [-0.15, -0.1) is 11.6 Å². The fraction of sp³-hybridized carbons (Fsp3) is 0.188. The van der Waals surface area contributed by atoms with Gasteiger partial charge in [0, 0.05) is 16.0 Å². The van der Waals surface area contributed by atoms with Crippen molar-refractivity contribution in [2.24, 2.45) is 0 Å². The van der Waals surface area contributed by atoms with Crippen LogP contribution in [0.2, 0.25) is 0 Å². The van der Waals surface area contributed by atoms with Gasteiger partial charge in [0.25, 0.3) is 5.91 Å². The molecule has 0 aliphatic heterocycles. The molecule has 0 radical (unpaired) electrons. The Bertz CT molecular complexity index is 610. The highest BCUT2D eigenvalue weighted by atomic mass is 127. The number of aryl methyl sites for hydroxylation is 1. The first kappa shape index (κ1) is 15.3. The van der Waals surface area contributed by atoms with E-state index in [9.17, 15) is 4.79 Å².